The van der Waals surface area contributed by atoms with Gasteiger partial charge in [-0.15, -0.1) is 0 Å². The van der Waals surface area contributed by atoms with E-state index < -0.39 is 5.60 Å². The Morgan fingerprint density at radius 3 is 2.59 bits per heavy atom. The summed E-state index contributed by atoms with van der Waals surface area (Å²) in [5.74, 6) is 1.31. The Bertz CT molecular complexity index is 936. The first-order valence-corrected chi connectivity index (χ1v) is 10.1. The molecule has 9 heteroatoms. The standard InChI is InChI=1S/C20H22BrFN4O3/c1-19(2,3)29-18(27)26-10-20(11-26)8-25(9-20)17-16(7-23-12-24-17)28-15-5-4-13(22)6-14(15)21/h4-7,12H,8-11H2,1-3H3. The molecule has 0 unspecified atom stereocenters. The third kappa shape index (κ3) is 4.14. The lowest BCUT2D eigenvalue weighted by atomic mass is 9.73. The number of carbonyl (C=O) groups is 1. The number of aromatic nitrogens is 2. The molecule has 0 aliphatic carbocycles. The van der Waals surface area contributed by atoms with Crippen LogP contribution in [0.15, 0.2) is 35.2 Å². The summed E-state index contributed by atoms with van der Waals surface area (Å²) in [6, 6.07) is 4.23. The molecule has 0 radical (unpaired) electrons. The van der Waals surface area contributed by atoms with Gasteiger partial charge in [0.05, 0.1) is 10.7 Å². The van der Waals surface area contributed by atoms with Gasteiger partial charge in [0.15, 0.2) is 11.6 Å². The molecule has 29 heavy (non-hydrogen) atoms. The highest BCUT2D eigenvalue weighted by atomic mass is 79.9. The van der Waals surface area contributed by atoms with E-state index in [9.17, 15) is 9.18 Å². The van der Waals surface area contributed by atoms with Crippen LogP contribution in [0.1, 0.15) is 20.8 Å². The number of amides is 1. The minimum Gasteiger partial charge on any atom is -0.451 e. The third-order valence-electron chi connectivity index (χ3n) is 4.83. The Morgan fingerprint density at radius 2 is 1.93 bits per heavy atom. The van der Waals surface area contributed by atoms with Gasteiger partial charge >= 0.3 is 6.09 Å². The van der Waals surface area contributed by atoms with Crippen LogP contribution in [0.2, 0.25) is 0 Å². The number of hydrogen-bond donors (Lipinski definition) is 0. The number of rotatable bonds is 3. The molecule has 2 aromatic rings. The first kappa shape index (κ1) is 19.9. The van der Waals surface area contributed by atoms with Gasteiger partial charge in [-0.3, -0.25) is 0 Å². The van der Waals surface area contributed by atoms with Crippen molar-refractivity contribution in [3.8, 4) is 11.5 Å². The Labute approximate surface area is 177 Å². The highest BCUT2D eigenvalue weighted by molar-refractivity contribution is 9.10. The molecular formula is C20H22BrFN4O3. The molecule has 1 spiro atoms. The van der Waals surface area contributed by atoms with E-state index in [1.54, 1.807) is 17.2 Å². The van der Waals surface area contributed by atoms with Gasteiger partial charge in [0.2, 0.25) is 0 Å². The van der Waals surface area contributed by atoms with Gasteiger partial charge < -0.3 is 19.3 Å². The first-order valence-electron chi connectivity index (χ1n) is 9.30. The molecule has 2 saturated heterocycles. The lowest BCUT2D eigenvalue weighted by molar-refractivity contribution is -0.0455. The number of halogens is 2. The molecule has 7 nitrogen and oxygen atoms in total. The van der Waals surface area contributed by atoms with Gasteiger partial charge in [0.1, 0.15) is 23.5 Å². The van der Waals surface area contributed by atoms with Crippen molar-refractivity contribution in [1.29, 1.82) is 0 Å². The van der Waals surface area contributed by atoms with E-state index in [1.807, 2.05) is 20.8 Å². The van der Waals surface area contributed by atoms with E-state index in [0.717, 1.165) is 13.1 Å². The summed E-state index contributed by atoms with van der Waals surface area (Å²) < 4.78 is 25.2. The molecule has 154 valence electrons. The van der Waals surface area contributed by atoms with Gasteiger partial charge in [0.25, 0.3) is 0 Å². The van der Waals surface area contributed by atoms with Crippen molar-refractivity contribution < 1.29 is 18.7 Å². The summed E-state index contributed by atoms with van der Waals surface area (Å²) in [7, 11) is 0. The number of anilines is 1. The SMILES string of the molecule is CC(C)(C)OC(=O)N1CC2(C1)CN(c1ncncc1Oc1ccc(F)cc1Br)C2. The zero-order valence-corrected chi connectivity index (χ0v) is 18.1. The van der Waals surface area contributed by atoms with E-state index in [-0.39, 0.29) is 17.3 Å². The van der Waals surface area contributed by atoms with Crippen LogP contribution in [0.25, 0.3) is 0 Å². The van der Waals surface area contributed by atoms with Crippen LogP contribution < -0.4 is 9.64 Å². The monoisotopic (exact) mass is 464 g/mol. The van der Waals surface area contributed by atoms with Crippen LogP contribution in [0.4, 0.5) is 15.0 Å². The molecule has 2 fully saturated rings. The van der Waals surface area contributed by atoms with Gasteiger partial charge in [-0.2, -0.15) is 0 Å². The Hall–Kier alpha value is -2.42. The van der Waals surface area contributed by atoms with Crippen molar-refractivity contribution in [1.82, 2.24) is 14.9 Å². The summed E-state index contributed by atoms with van der Waals surface area (Å²) in [6.07, 6.45) is 2.80. The van der Waals surface area contributed by atoms with Crippen LogP contribution in [0.3, 0.4) is 0 Å². The predicted octanol–water partition coefficient (Wildman–Crippen LogP) is 4.23. The Kier molecular flexibility index (Phi) is 4.88. The molecule has 0 atom stereocenters. The van der Waals surface area contributed by atoms with Crippen molar-refractivity contribution >= 4 is 27.8 Å². The Morgan fingerprint density at radius 1 is 1.21 bits per heavy atom. The number of carbonyl (C=O) groups excluding carboxylic acids is 1. The second kappa shape index (κ2) is 7.12. The maximum absolute atomic E-state index is 13.3. The van der Waals surface area contributed by atoms with E-state index >= 15 is 0 Å². The molecule has 1 amide bonds. The normalized spacial score (nSPS) is 17.6. The van der Waals surface area contributed by atoms with Crippen molar-refractivity contribution in [2.24, 2.45) is 5.41 Å². The number of nitrogens with zero attached hydrogens (tertiary/aromatic N) is 4. The highest BCUT2D eigenvalue weighted by Gasteiger charge is 2.54. The van der Waals surface area contributed by atoms with Crippen molar-refractivity contribution in [2.75, 3.05) is 31.1 Å². The van der Waals surface area contributed by atoms with Crippen LogP contribution in [-0.2, 0) is 4.74 Å². The molecule has 0 saturated carbocycles. The summed E-state index contributed by atoms with van der Waals surface area (Å²) in [6.45, 7) is 8.46. The third-order valence-corrected chi connectivity index (χ3v) is 5.45. The molecule has 4 rings (SSSR count). The molecule has 0 N–H and O–H groups in total. The zero-order chi connectivity index (χ0) is 20.8. The second-order valence-electron chi connectivity index (χ2n) is 8.58. The number of likely N-dealkylation sites (tertiary alicyclic amines) is 1. The smallest absolute Gasteiger partial charge is 0.410 e. The van der Waals surface area contributed by atoms with Gasteiger partial charge in [0, 0.05) is 31.6 Å². The summed E-state index contributed by atoms with van der Waals surface area (Å²) in [5, 5.41) is 0. The molecule has 0 bridgehead atoms. The lowest BCUT2D eigenvalue weighted by Gasteiger charge is -2.60. The highest BCUT2D eigenvalue weighted by Crippen LogP contribution is 2.44. The van der Waals surface area contributed by atoms with Gasteiger partial charge in [-0.25, -0.2) is 19.2 Å². The van der Waals surface area contributed by atoms with Crippen molar-refractivity contribution in [3.63, 3.8) is 0 Å². The fourth-order valence-corrected chi connectivity index (χ4v) is 4.06. The fraction of sp³-hybridized carbons (Fsp3) is 0.450. The minimum atomic E-state index is -0.493. The maximum atomic E-state index is 13.3. The van der Waals surface area contributed by atoms with E-state index in [2.05, 4.69) is 30.8 Å². The fourth-order valence-electron chi connectivity index (χ4n) is 3.63. The predicted molar refractivity (Wildman–Crippen MR) is 109 cm³/mol. The van der Waals surface area contributed by atoms with E-state index in [0.29, 0.717) is 34.9 Å². The molecule has 2 aliphatic rings. The van der Waals surface area contributed by atoms with Crippen molar-refractivity contribution in [3.05, 3.63) is 41.0 Å². The first-order chi connectivity index (χ1) is 13.6. The summed E-state index contributed by atoms with van der Waals surface area (Å²) in [5.41, 5.74) is -0.428. The molecular weight excluding hydrogens is 443 g/mol. The van der Waals surface area contributed by atoms with Crippen molar-refractivity contribution in [2.45, 2.75) is 26.4 Å². The quantitative estimate of drug-likeness (QED) is 0.676. The van der Waals surface area contributed by atoms with Gasteiger partial charge in [-0.1, -0.05) is 0 Å². The lowest BCUT2D eigenvalue weighted by Crippen LogP contribution is -2.73. The minimum absolute atomic E-state index is 0.0651. The largest absolute Gasteiger partial charge is 0.451 e. The van der Waals surface area contributed by atoms with Crippen LogP contribution in [-0.4, -0.2) is 52.7 Å². The molecule has 3 heterocycles. The summed E-state index contributed by atoms with van der Waals surface area (Å²) >= 11 is 3.31. The Balaban J connectivity index is 1.39. The molecule has 1 aromatic carbocycles. The molecule has 2 aliphatic heterocycles. The number of benzene rings is 1. The number of ether oxygens (including phenoxy) is 2. The second-order valence-corrected chi connectivity index (χ2v) is 9.43. The van der Waals surface area contributed by atoms with Gasteiger partial charge in [-0.05, 0) is 54.9 Å². The maximum Gasteiger partial charge on any atom is 0.410 e. The van der Waals surface area contributed by atoms with E-state index in [1.165, 1.54) is 18.5 Å². The van der Waals surface area contributed by atoms with Crippen LogP contribution in [0.5, 0.6) is 11.5 Å². The topological polar surface area (TPSA) is 67.8 Å². The zero-order valence-electron chi connectivity index (χ0n) is 16.5. The number of hydrogen-bond acceptors (Lipinski definition) is 6. The average Bonchev–Trinajstić information content (AvgIpc) is 2.54. The van der Waals surface area contributed by atoms with Crippen LogP contribution >= 0.6 is 15.9 Å². The summed E-state index contributed by atoms with van der Waals surface area (Å²) in [4.78, 5) is 24.4. The molecule has 1 aromatic heterocycles. The van der Waals surface area contributed by atoms with E-state index in [4.69, 9.17) is 9.47 Å². The van der Waals surface area contributed by atoms with Crippen LogP contribution in [0, 0.1) is 11.2 Å². The average molecular weight is 465 g/mol.